The third-order valence-corrected chi connectivity index (χ3v) is 4.17. The van der Waals surface area contributed by atoms with Gasteiger partial charge in [0, 0.05) is 44.0 Å². The number of methoxy groups -OCH3 is 2. The number of hydrogen-bond acceptors (Lipinski definition) is 5. The average Bonchev–Trinajstić information content (AvgIpc) is 2.44. The van der Waals surface area contributed by atoms with Crippen LogP contribution in [-0.2, 0) is 6.54 Å². The molecule has 1 aromatic heterocycles. The zero-order valence-corrected chi connectivity index (χ0v) is 13.1. The number of rotatable bonds is 4. The molecule has 0 saturated carbocycles. The second kappa shape index (κ2) is 6.41. The number of likely N-dealkylation sites (N-methyl/N-ethyl adjacent to an activating group) is 1. The van der Waals surface area contributed by atoms with E-state index in [0.717, 1.165) is 36.8 Å². The molecule has 0 bridgehead atoms. The first kappa shape index (κ1) is 15.1. The fourth-order valence-corrected chi connectivity index (χ4v) is 2.82. The van der Waals surface area contributed by atoms with Crippen LogP contribution in [0.5, 0.6) is 11.5 Å². The van der Waals surface area contributed by atoms with Gasteiger partial charge in [0.15, 0.2) is 11.5 Å². The molecule has 1 aliphatic rings. The smallest absolute Gasteiger partial charge is 0.183 e. The monoisotopic (exact) mass is 279 g/mol. The van der Waals surface area contributed by atoms with Crippen molar-refractivity contribution in [3.05, 3.63) is 18.0 Å². The Morgan fingerprint density at radius 3 is 2.40 bits per heavy atom. The van der Waals surface area contributed by atoms with Gasteiger partial charge in [0.1, 0.15) is 5.69 Å². The third kappa shape index (κ3) is 3.04. The van der Waals surface area contributed by atoms with E-state index in [1.54, 1.807) is 20.4 Å². The molecule has 1 saturated heterocycles. The van der Waals surface area contributed by atoms with Crippen LogP contribution in [0.15, 0.2) is 12.3 Å². The topological polar surface area (TPSA) is 37.8 Å². The van der Waals surface area contributed by atoms with Crippen LogP contribution in [0.25, 0.3) is 0 Å². The highest BCUT2D eigenvalue weighted by molar-refractivity contribution is 5.42. The SMILES string of the molecule is COc1ccnc(CN2CC(C)N(C)C(C)C2)c1OC. The van der Waals surface area contributed by atoms with E-state index in [-0.39, 0.29) is 0 Å². The first-order chi connectivity index (χ1) is 9.56. The highest BCUT2D eigenvalue weighted by Crippen LogP contribution is 2.30. The van der Waals surface area contributed by atoms with Gasteiger partial charge in [-0.2, -0.15) is 0 Å². The summed E-state index contributed by atoms with van der Waals surface area (Å²) >= 11 is 0. The minimum Gasteiger partial charge on any atom is -0.493 e. The summed E-state index contributed by atoms with van der Waals surface area (Å²) in [4.78, 5) is 9.31. The lowest BCUT2D eigenvalue weighted by Crippen LogP contribution is -2.54. The van der Waals surface area contributed by atoms with Crippen molar-refractivity contribution in [3.63, 3.8) is 0 Å². The Labute approximate surface area is 121 Å². The molecule has 5 nitrogen and oxygen atoms in total. The number of nitrogens with zero attached hydrogens (tertiary/aromatic N) is 3. The lowest BCUT2D eigenvalue weighted by molar-refractivity contribution is 0.0544. The second-order valence-corrected chi connectivity index (χ2v) is 5.55. The van der Waals surface area contributed by atoms with E-state index < -0.39 is 0 Å². The van der Waals surface area contributed by atoms with Crippen molar-refractivity contribution in [2.45, 2.75) is 32.5 Å². The van der Waals surface area contributed by atoms with Crippen molar-refractivity contribution < 1.29 is 9.47 Å². The Bertz CT molecular complexity index is 441. The van der Waals surface area contributed by atoms with Crippen LogP contribution in [0.1, 0.15) is 19.5 Å². The maximum Gasteiger partial charge on any atom is 0.183 e. The van der Waals surface area contributed by atoms with Crippen molar-refractivity contribution in [1.29, 1.82) is 0 Å². The molecule has 0 aliphatic carbocycles. The maximum absolute atomic E-state index is 5.46. The zero-order chi connectivity index (χ0) is 14.7. The molecule has 1 aromatic rings. The van der Waals surface area contributed by atoms with Crippen molar-refractivity contribution in [2.24, 2.45) is 0 Å². The third-order valence-electron chi connectivity index (χ3n) is 4.17. The maximum atomic E-state index is 5.46. The molecule has 0 radical (unpaired) electrons. The number of piperazine rings is 1. The normalized spacial score (nSPS) is 24.6. The van der Waals surface area contributed by atoms with E-state index in [1.807, 2.05) is 6.07 Å². The van der Waals surface area contributed by atoms with E-state index in [9.17, 15) is 0 Å². The number of ether oxygens (including phenoxy) is 2. The average molecular weight is 279 g/mol. The van der Waals surface area contributed by atoms with E-state index in [4.69, 9.17) is 9.47 Å². The molecular weight excluding hydrogens is 254 g/mol. The molecule has 1 fully saturated rings. The summed E-state index contributed by atoms with van der Waals surface area (Å²) in [7, 11) is 5.51. The molecular formula is C15H25N3O2. The Morgan fingerprint density at radius 2 is 1.85 bits per heavy atom. The molecule has 0 spiro atoms. The predicted octanol–water partition coefficient (Wildman–Crippen LogP) is 1.62. The first-order valence-electron chi connectivity index (χ1n) is 7.07. The molecule has 20 heavy (non-hydrogen) atoms. The zero-order valence-electron chi connectivity index (χ0n) is 13.1. The van der Waals surface area contributed by atoms with Gasteiger partial charge in [-0.15, -0.1) is 0 Å². The lowest BCUT2D eigenvalue weighted by Gasteiger charge is -2.42. The summed E-state index contributed by atoms with van der Waals surface area (Å²) in [5.74, 6) is 1.49. The highest BCUT2D eigenvalue weighted by atomic mass is 16.5. The van der Waals surface area contributed by atoms with Crippen molar-refractivity contribution in [1.82, 2.24) is 14.8 Å². The second-order valence-electron chi connectivity index (χ2n) is 5.55. The Kier molecular flexibility index (Phi) is 4.83. The molecule has 0 amide bonds. The molecule has 5 heteroatoms. The minimum atomic E-state index is 0.551. The van der Waals surface area contributed by atoms with Crippen molar-refractivity contribution in [2.75, 3.05) is 34.4 Å². The summed E-state index contributed by atoms with van der Waals surface area (Å²) < 4.78 is 10.8. The van der Waals surface area contributed by atoms with Crippen LogP contribution in [0.3, 0.4) is 0 Å². The van der Waals surface area contributed by atoms with Crippen LogP contribution in [0, 0.1) is 0 Å². The van der Waals surface area contributed by atoms with Gasteiger partial charge in [-0.1, -0.05) is 0 Å². The standard InChI is InChI=1S/C15H25N3O2/c1-11-8-18(9-12(2)17(11)3)10-13-15(20-5)14(19-4)6-7-16-13/h6-7,11-12H,8-10H2,1-5H3. The molecule has 2 unspecified atom stereocenters. The summed E-state index contributed by atoms with van der Waals surface area (Å²) in [5.41, 5.74) is 0.941. The number of pyridine rings is 1. The van der Waals surface area contributed by atoms with E-state index >= 15 is 0 Å². The van der Waals surface area contributed by atoms with Gasteiger partial charge in [0.25, 0.3) is 0 Å². The first-order valence-corrected chi connectivity index (χ1v) is 7.07. The summed E-state index contributed by atoms with van der Waals surface area (Å²) in [5, 5.41) is 0. The molecule has 112 valence electrons. The molecule has 0 aromatic carbocycles. The van der Waals surface area contributed by atoms with E-state index in [2.05, 4.69) is 35.7 Å². The number of hydrogen-bond donors (Lipinski definition) is 0. The van der Waals surface area contributed by atoms with Gasteiger partial charge < -0.3 is 9.47 Å². The van der Waals surface area contributed by atoms with Gasteiger partial charge in [0.2, 0.25) is 0 Å². The van der Waals surface area contributed by atoms with Gasteiger partial charge in [-0.25, -0.2) is 0 Å². The van der Waals surface area contributed by atoms with Crippen LogP contribution in [0.2, 0.25) is 0 Å². The van der Waals surface area contributed by atoms with Gasteiger partial charge in [-0.05, 0) is 20.9 Å². The van der Waals surface area contributed by atoms with Crippen molar-refractivity contribution >= 4 is 0 Å². The molecule has 2 heterocycles. The predicted molar refractivity (Wildman–Crippen MR) is 79.3 cm³/mol. The Morgan fingerprint density at radius 1 is 1.20 bits per heavy atom. The van der Waals surface area contributed by atoms with Crippen LogP contribution >= 0.6 is 0 Å². The van der Waals surface area contributed by atoms with Crippen LogP contribution in [0.4, 0.5) is 0 Å². The van der Waals surface area contributed by atoms with Crippen molar-refractivity contribution in [3.8, 4) is 11.5 Å². The summed E-state index contributed by atoms with van der Waals surface area (Å²) in [6.07, 6.45) is 1.78. The Balaban J connectivity index is 2.14. The molecule has 2 atom stereocenters. The largest absolute Gasteiger partial charge is 0.493 e. The Hall–Kier alpha value is -1.33. The fraction of sp³-hybridized carbons (Fsp3) is 0.667. The fourth-order valence-electron chi connectivity index (χ4n) is 2.82. The minimum absolute atomic E-state index is 0.551. The molecule has 0 N–H and O–H groups in total. The molecule has 1 aliphatic heterocycles. The number of aromatic nitrogens is 1. The van der Waals surface area contributed by atoms with Crippen LogP contribution in [-0.4, -0.2) is 61.2 Å². The summed E-state index contributed by atoms with van der Waals surface area (Å²) in [6, 6.07) is 2.93. The van der Waals surface area contributed by atoms with E-state index in [0.29, 0.717) is 12.1 Å². The highest BCUT2D eigenvalue weighted by Gasteiger charge is 2.27. The quantitative estimate of drug-likeness (QED) is 0.837. The van der Waals surface area contributed by atoms with E-state index in [1.165, 1.54) is 0 Å². The lowest BCUT2D eigenvalue weighted by atomic mass is 10.1. The molecule has 2 rings (SSSR count). The summed E-state index contributed by atoms with van der Waals surface area (Å²) in [6.45, 7) is 7.41. The van der Waals surface area contributed by atoms with Gasteiger partial charge in [-0.3, -0.25) is 14.8 Å². The van der Waals surface area contributed by atoms with Gasteiger partial charge >= 0.3 is 0 Å². The van der Waals surface area contributed by atoms with Gasteiger partial charge in [0.05, 0.1) is 14.2 Å². The van der Waals surface area contributed by atoms with Crippen LogP contribution < -0.4 is 9.47 Å².